The van der Waals surface area contributed by atoms with Crippen LogP contribution in [0.4, 0.5) is 18.9 Å². The quantitative estimate of drug-likeness (QED) is 0.720. The first-order valence-corrected chi connectivity index (χ1v) is 10.1. The van der Waals surface area contributed by atoms with E-state index in [4.69, 9.17) is 11.6 Å². The highest BCUT2D eigenvalue weighted by atomic mass is 35.5. The maximum atomic E-state index is 12.8. The van der Waals surface area contributed by atoms with Gasteiger partial charge in [-0.2, -0.15) is 13.2 Å². The van der Waals surface area contributed by atoms with Gasteiger partial charge in [-0.05, 0) is 50.2 Å². The van der Waals surface area contributed by atoms with Crippen molar-refractivity contribution in [3.63, 3.8) is 0 Å². The molecule has 0 saturated carbocycles. The van der Waals surface area contributed by atoms with E-state index in [9.17, 15) is 26.4 Å². The summed E-state index contributed by atoms with van der Waals surface area (Å²) in [6, 6.07) is 7.37. The van der Waals surface area contributed by atoms with Gasteiger partial charge in [0, 0.05) is 18.8 Å². The van der Waals surface area contributed by atoms with Gasteiger partial charge in [0.15, 0.2) is 0 Å². The van der Waals surface area contributed by atoms with E-state index in [1.807, 2.05) is 0 Å². The fourth-order valence-corrected chi connectivity index (χ4v) is 3.76. The smallest absolute Gasteiger partial charge is 0.339 e. The second kappa shape index (κ2) is 8.40. The minimum atomic E-state index is -4.61. The molecular formula is C18H18ClF3N2O3S. The third-order valence-electron chi connectivity index (χ3n) is 3.97. The Balaban J connectivity index is 2.39. The first kappa shape index (κ1) is 22.0. The lowest BCUT2D eigenvalue weighted by atomic mass is 10.2. The number of anilines is 1. The molecule has 152 valence electrons. The van der Waals surface area contributed by atoms with Crippen molar-refractivity contribution >= 4 is 33.2 Å². The first-order chi connectivity index (χ1) is 13.0. The molecule has 1 N–H and O–H groups in total. The second-order valence-corrected chi connectivity index (χ2v) is 7.89. The third-order valence-corrected chi connectivity index (χ3v) is 5.68. The SMILES string of the molecule is CCN(CC)C(=O)c1cc(S(=O)(=O)Nc2cccc(C(F)(F)F)c2)ccc1Cl. The minimum Gasteiger partial charge on any atom is -0.339 e. The van der Waals surface area contributed by atoms with Crippen LogP contribution >= 0.6 is 11.6 Å². The number of carbonyl (C=O) groups is 1. The van der Waals surface area contributed by atoms with Crippen LogP contribution < -0.4 is 4.72 Å². The maximum absolute atomic E-state index is 12.8. The summed E-state index contributed by atoms with van der Waals surface area (Å²) in [6.45, 7) is 4.35. The summed E-state index contributed by atoms with van der Waals surface area (Å²) < 4.78 is 65.7. The van der Waals surface area contributed by atoms with Crippen LogP contribution in [0, 0.1) is 0 Å². The maximum Gasteiger partial charge on any atom is 0.416 e. The Kier molecular flexibility index (Phi) is 6.61. The number of alkyl halides is 3. The number of carbonyl (C=O) groups excluding carboxylic acids is 1. The molecule has 0 aliphatic rings. The summed E-state index contributed by atoms with van der Waals surface area (Å²) in [4.78, 5) is 13.7. The Labute approximate surface area is 166 Å². The van der Waals surface area contributed by atoms with Crippen LogP contribution in [0.2, 0.25) is 5.02 Å². The van der Waals surface area contributed by atoms with E-state index in [1.54, 1.807) is 13.8 Å². The number of hydrogen-bond acceptors (Lipinski definition) is 3. The minimum absolute atomic E-state index is 0.00251. The van der Waals surface area contributed by atoms with Crippen LogP contribution in [-0.4, -0.2) is 32.3 Å². The largest absolute Gasteiger partial charge is 0.416 e. The van der Waals surface area contributed by atoms with E-state index in [1.165, 1.54) is 23.1 Å². The van der Waals surface area contributed by atoms with E-state index in [0.717, 1.165) is 18.2 Å². The van der Waals surface area contributed by atoms with Gasteiger partial charge in [0.25, 0.3) is 15.9 Å². The third kappa shape index (κ3) is 4.96. The summed E-state index contributed by atoms with van der Waals surface area (Å²) in [5, 5.41) is 0.0786. The molecule has 0 bridgehead atoms. The molecule has 0 atom stereocenters. The zero-order chi connectivity index (χ0) is 21.1. The standard InChI is InChI=1S/C18H18ClF3N2O3S/c1-3-24(4-2)17(25)15-11-14(8-9-16(15)19)28(26,27)23-13-7-5-6-12(10-13)18(20,21)22/h5-11,23H,3-4H2,1-2H3. The predicted molar refractivity (Wildman–Crippen MR) is 101 cm³/mol. The molecule has 0 aliphatic carbocycles. The number of amides is 1. The number of halogens is 4. The topological polar surface area (TPSA) is 66.5 Å². The molecule has 0 heterocycles. The molecule has 0 radical (unpaired) electrons. The van der Waals surface area contributed by atoms with Crippen molar-refractivity contribution < 1.29 is 26.4 Å². The molecule has 2 aromatic carbocycles. The first-order valence-electron chi connectivity index (χ1n) is 8.28. The van der Waals surface area contributed by atoms with Gasteiger partial charge >= 0.3 is 6.18 Å². The molecule has 0 unspecified atom stereocenters. The van der Waals surface area contributed by atoms with Crippen molar-refractivity contribution in [1.29, 1.82) is 0 Å². The zero-order valence-corrected chi connectivity index (χ0v) is 16.6. The summed E-state index contributed by atoms with van der Waals surface area (Å²) in [6.07, 6.45) is -4.61. The molecule has 0 aliphatic heterocycles. The van der Waals surface area contributed by atoms with Gasteiger partial charge in [0.2, 0.25) is 0 Å². The average Bonchev–Trinajstić information content (AvgIpc) is 2.62. The van der Waals surface area contributed by atoms with Gasteiger partial charge in [0.1, 0.15) is 0 Å². The van der Waals surface area contributed by atoms with E-state index in [-0.39, 0.29) is 21.2 Å². The molecule has 2 rings (SSSR count). The van der Waals surface area contributed by atoms with E-state index < -0.39 is 27.7 Å². The van der Waals surface area contributed by atoms with Crippen LogP contribution in [0.3, 0.4) is 0 Å². The summed E-state index contributed by atoms with van der Waals surface area (Å²) in [5.74, 6) is -0.439. The number of benzene rings is 2. The Morgan fingerprint density at radius 3 is 2.32 bits per heavy atom. The van der Waals surface area contributed by atoms with Gasteiger partial charge in [-0.15, -0.1) is 0 Å². The molecule has 0 saturated heterocycles. The lowest BCUT2D eigenvalue weighted by Gasteiger charge is -2.19. The highest BCUT2D eigenvalue weighted by Crippen LogP contribution is 2.31. The summed E-state index contributed by atoms with van der Waals surface area (Å²) >= 11 is 6.04. The Bertz CT molecular complexity index is 974. The van der Waals surface area contributed by atoms with Gasteiger partial charge in [-0.3, -0.25) is 9.52 Å². The summed E-state index contributed by atoms with van der Waals surface area (Å²) in [5.41, 5.74) is -1.24. The number of nitrogens with zero attached hydrogens (tertiary/aromatic N) is 1. The van der Waals surface area contributed by atoms with Crippen molar-refractivity contribution in [2.24, 2.45) is 0 Å². The van der Waals surface area contributed by atoms with Crippen molar-refractivity contribution in [3.05, 3.63) is 58.6 Å². The van der Waals surface area contributed by atoms with Gasteiger partial charge < -0.3 is 4.90 Å². The average molecular weight is 435 g/mol. The van der Waals surface area contributed by atoms with Crippen LogP contribution in [-0.2, 0) is 16.2 Å². The van der Waals surface area contributed by atoms with Crippen molar-refractivity contribution in [3.8, 4) is 0 Å². The van der Waals surface area contributed by atoms with Crippen LogP contribution in [0.25, 0.3) is 0 Å². The van der Waals surface area contributed by atoms with E-state index in [2.05, 4.69) is 4.72 Å². The zero-order valence-electron chi connectivity index (χ0n) is 15.0. The van der Waals surface area contributed by atoms with Crippen LogP contribution in [0.1, 0.15) is 29.8 Å². The Morgan fingerprint density at radius 1 is 1.11 bits per heavy atom. The van der Waals surface area contributed by atoms with E-state index >= 15 is 0 Å². The van der Waals surface area contributed by atoms with Gasteiger partial charge in [-0.25, -0.2) is 8.42 Å². The fourth-order valence-electron chi connectivity index (χ4n) is 2.49. The number of nitrogens with one attached hydrogen (secondary N) is 1. The second-order valence-electron chi connectivity index (χ2n) is 5.80. The molecule has 5 nitrogen and oxygen atoms in total. The van der Waals surface area contributed by atoms with Crippen LogP contribution in [0.15, 0.2) is 47.4 Å². The lowest BCUT2D eigenvalue weighted by molar-refractivity contribution is -0.137. The molecule has 10 heteroatoms. The Morgan fingerprint density at radius 2 is 1.75 bits per heavy atom. The van der Waals surface area contributed by atoms with Crippen molar-refractivity contribution in [2.75, 3.05) is 17.8 Å². The number of rotatable bonds is 6. The van der Waals surface area contributed by atoms with Crippen molar-refractivity contribution in [2.45, 2.75) is 24.9 Å². The molecule has 2 aromatic rings. The molecular weight excluding hydrogens is 417 g/mol. The molecule has 0 fully saturated rings. The summed E-state index contributed by atoms with van der Waals surface area (Å²) in [7, 11) is -4.23. The Hall–Kier alpha value is -2.26. The predicted octanol–water partition coefficient (Wildman–Crippen LogP) is 4.64. The van der Waals surface area contributed by atoms with Gasteiger partial charge in [-0.1, -0.05) is 17.7 Å². The molecule has 0 spiro atoms. The van der Waals surface area contributed by atoms with Crippen LogP contribution in [0.5, 0.6) is 0 Å². The van der Waals surface area contributed by atoms with Crippen molar-refractivity contribution in [1.82, 2.24) is 4.90 Å². The monoisotopic (exact) mass is 434 g/mol. The fraction of sp³-hybridized carbons (Fsp3) is 0.278. The normalized spacial score (nSPS) is 11.9. The molecule has 28 heavy (non-hydrogen) atoms. The highest BCUT2D eigenvalue weighted by molar-refractivity contribution is 7.92. The highest BCUT2D eigenvalue weighted by Gasteiger charge is 2.31. The number of sulfonamides is 1. The molecule has 0 aromatic heterocycles. The molecule has 1 amide bonds. The van der Waals surface area contributed by atoms with E-state index in [0.29, 0.717) is 19.2 Å². The lowest BCUT2D eigenvalue weighted by Crippen LogP contribution is -2.30. The number of hydrogen-bond donors (Lipinski definition) is 1. The van der Waals surface area contributed by atoms with Gasteiger partial charge in [0.05, 0.1) is 21.0 Å².